The van der Waals surface area contributed by atoms with Crippen LogP contribution in [0, 0.1) is 11.3 Å². The normalized spacial score (nSPS) is 14.8. The third-order valence-corrected chi connectivity index (χ3v) is 5.95. The summed E-state index contributed by atoms with van der Waals surface area (Å²) < 4.78 is 5.63. The van der Waals surface area contributed by atoms with Crippen LogP contribution in [0.3, 0.4) is 0 Å². The molecule has 2 aromatic rings. The highest BCUT2D eigenvalue weighted by atomic mass is 35.5. The SMILES string of the molecule is CC(C)Oc1ccc(C(=O)C[C@H](CO)Cc2ccc(C3=NN=C(C(C)(C)C)C3)cc2)cc1Cl. The zero-order chi connectivity index (χ0) is 24.2. The van der Waals surface area contributed by atoms with Crippen molar-refractivity contribution in [2.24, 2.45) is 21.5 Å². The average molecular weight is 469 g/mol. The summed E-state index contributed by atoms with van der Waals surface area (Å²) in [5.74, 6) is 0.345. The molecule has 0 bridgehead atoms. The van der Waals surface area contributed by atoms with Gasteiger partial charge in [0, 0.05) is 30.4 Å². The van der Waals surface area contributed by atoms with Crippen molar-refractivity contribution in [2.45, 2.75) is 60.0 Å². The fourth-order valence-electron chi connectivity index (χ4n) is 3.70. The van der Waals surface area contributed by atoms with Gasteiger partial charge in [0.2, 0.25) is 0 Å². The number of hydrogen-bond acceptors (Lipinski definition) is 5. The molecular weight excluding hydrogens is 436 g/mol. The van der Waals surface area contributed by atoms with Gasteiger partial charge in [-0.1, -0.05) is 56.6 Å². The van der Waals surface area contributed by atoms with Crippen molar-refractivity contribution in [1.82, 2.24) is 0 Å². The molecule has 1 aliphatic heterocycles. The van der Waals surface area contributed by atoms with E-state index >= 15 is 0 Å². The third-order valence-electron chi connectivity index (χ3n) is 5.65. The van der Waals surface area contributed by atoms with Crippen LogP contribution >= 0.6 is 11.6 Å². The largest absolute Gasteiger partial charge is 0.489 e. The van der Waals surface area contributed by atoms with Crippen LogP contribution in [-0.2, 0) is 6.42 Å². The van der Waals surface area contributed by atoms with E-state index in [-0.39, 0.29) is 36.2 Å². The highest BCUT2D eigenvalue weighted by Crippen LogP contribution is 2.28. The molecule has 6 heteroatoms. The van der Waals surface area contributed by atoms with Crippen LogP contribution in [0.5, 0.6) is 5.75 Å². The lowest BCUT2D eigenvalue weighted by Gasteiger charge is -2.17. The second-order valence-electron chi connectivity index (χ2n) is 9.91. The number of Topliss-reactive ketones (excluding diaryl/α,β-unsaturated/α-hetero) is 1. The Morgan fingerprint density at radius 3 is 2.36 bits per heavy atom. The third kappa shape index (κ3) is 6.75. The fourth-order valence-corrected chi connectivity index (χ4v) is 3.92. The standard InChI is InChI=1S/C27H33ClN2O3/c1-17(2)33-25-11-10-21(14-22(25)28)24(32)13-19(16-31)12-18-6-8-20(9-7-18)23-15-26(30-29-23)27(3,4)5/h6-11,14,17,19,31H,12-13,15-16H2,1-5H3/t19-/m1/s1. The Morgan fingerprint density at radius 1 is 1.12 bits per heavy atom. The topological polar surface area (TPSA) is 71.2 Å². The molecule has 1 atom stereocenters. The minimum absolute atomic E-state index is 0.00279. The minimum atomic E-state index is -0.173. The van der Waals surface area contributed by atoms with Gasteiger partial charge in [-0.15, -0.1) is 0 Å². The maximum absolute atomic E-state index is 12.8. The summed E-state index contributed by atoms with van der Waals surface area (Å²) in [6.45, 7) is 10.2. The van der Waals surface area contributed by atoms with E-state index in [9.17, 15) is 9.90 Å². The first-order valence-corrected chi connectivity index (χ1v) is 11.8. The summed E-state index contributed by atoms with van der Waals surface area (Å²) in [4.78, 5) is 12.8. The number of aliphatic hydroxyl groups excluding tert-OH is 1. The van der Waals surface area contributed by atoms with Crippen molar-refractivity contribution < 1.29 is 14.6 Å². The smallest absolute Gasteiger partial charge is 0.163 e. The number of carbonyl (C=O) groups excluding carboxylic acids is 1. The van der Waals surface area contributed by atoms with Crippen LogP contribution in [0.15, 0.2) is 52.7 Å². The number of nitrogens with zero attached hydrogens (tertiary/aromatic N) is 2. The van der Waals surface area contributed by atoms with E-state index in [2.05, 4.69) is 31.0 Å². The number of carbonyl (C=O) groups is 1. The van der Waals surface area contributed by atoms with Gasteiger partial charge in [-0.25, -0.2) is 0 Å². The maximum atomic E-state index is 12.8. The molecule has 0 saturated carbocycles. The molecule has 33 heavy (non-hydrogen) atoms. The van der Waals surface area contributed by atoms with Gasteiger partial charge in [0.05, 0.1) is 22.5 Å². The van der Waals surface area contributed by atoms with E-state index in [1.54, 1.807) is 18.2 Å². The van der Waals surface area contributed by atoms with Gasteiger partial charge in [-0.2, -0.15) is 10.2 Å². The predicted molar refractivity (Wildman–Crippen MR) is 135 cm³/mol. The van der Waals surface area contributed by atoms with Crippen molar-refractivity contribution in [2.75, 3.05) is 6.61 Å². The molecule has 3 rings (SSSR count). The van der Waals surface area contributed by atoms with Crippen molar-refractivity contribution >= 4 is 28.8 Å². The number of aliphatic hydroxyl groups is 1. The molecule has 2 aromatic carbocycles. The highest BCUT2D eigenvalue weighted by Gasteiger charge is 2.25. The fraction of sp³-hybridized carbons (Fsp3) is 0.444. The zero-order valence-electron chi connectivity index (χ0n) is 20.1. The molecule has 5 nitrogen and oxygen atoms in total. The van der Waals surface area contributed by atoms with Gasteiger partial charge < -0.3 is 9.84 Å². The van der Waals surface area contributed by atoms with E-state index in [1.165, 1.54) is 0 Å². The first kappa shape index (κ1) is 25.1. The van der Waals surface area contributed by atoms with Gasteiger partial charge in [0.1, 0.15) is 5.75 Å². The van der Waals surface area contributed by atoms with Crippen LogP contribution in [0.1, 0.15) is 68.9 Å². The minimum Gasteiger partial charge on any atom is -0.489 e. The number of rotatable bonds is 9. The van der Waals surface area contributed by atoms with Crippen LogP contribution in [0.25, 0.3) is 0 Å². The number of ether oxygens (including phenoxy) is 1. The Balaban J connectivity index is 1.60. The summed E-state index contributed by atoms with van der Waals surface area (Å²) in [7, 11) is 0. The van der Waals surface area contributed by atoms with Gasteiger partial charge in [-0.3, -0.25) is 4.79 Å². The molecule has 0 saturated heterocycles. The monoisotopic (exact) mass is 468 g/mol. The summed E-state index contributed by atoms with van der Waals surface area (Å²) in [5.41, 5.74) is 4.72. The van der Waals surface area contributed by atoms with Crippen LogP contribution in [-0.4, -0.2) is 35.0 Å². The summed E-state index contributed by atoms with van der Waals surface area (Å²) >= 11 is 6.28. The predicted octanol–water partition coefficient (Wildman–Crippen LogP) is 6.15. The Morgan fingerprint density at radius 2 is 1.82 bits per heavy atom. The second kappa shape index (κ2) is 10.6. The molecule has 0 aliphatic carbocycles. The molecule has 0 radical (unpaired) electrons. The van der Waals surface area contributed by atoms with Crippen molar-refractivity contribution in [3.63, 3.8) is 0 Å². The number of benzene rings is 2. The average Bonchev–Trinajstić information content (AvgIpc) is 3.26. The second-order valence-corrected chi connectivity index (χ2v) is 10.3. The number of hydrogen-bond donors (Lipinski definition) is 1. The van der Waals surface area contributed by atoms with E-state index in [0.29, 0.717) is 22.8 Å². The molecule has 0 spiro atoms. The molecule has 0 unspecified atom stereocenters. The lowest BCUT2D eigenvalue weighted by Crippen LogP contribution is -2.20. The zero-order valence-corrected chi connectivity index (χ0v) is 20.8. The maximum Gasteiger partial charge on any atom is 0.163 e. The molecule has 1 aliphatic rings. The van der Waals surface area contributed by atoms with Gasteiger partial charge in [-0.05, 0) is 55.5 Å². The Kier molecular flexibility index (Phi) is 8.09. The summed E-state index contributed by atoms with van der Waals surface area (Å²) in [6, 6.07) is 13.2. The van der Waals surface area contributed by atoms with E-state index in [4.69, 9.17) is 16.3 Å². The Labute approximate surface area is 201 Å². The van der Waals surface area contributed by atoms with E-state index < -0.39 is 0 Å². The molecular formula is C27H33ClN2O3. The first-order valence-electron chi connectivity index (χ1n) is 11.4. The van der Waals surface area contributed by atoms with E-state index in [0.717, 1.165) is 29.0 Å². The lowest BCUT2D eigenvalue weighted by atomic mass is 9.86. The van der Waals surface area contributed by atoms with Gasteiger partial charge in [0.15, 0.2) is 5.78 Å². The molecule has 176 valence electrons. The quantitative estimate of drug-likeness (QED) is 0.449. The van der Waals surface area contributed by atoms with Crippen molar-refractivity contribution in [1.29, 1.82) is 0 Å². The summed E-state index contributed by atoms with van der Waals surface area (Å²) in [5, 5.41) is 19.0. The van der Waals surface area contributed by atoms with Crippen molar-refractivity contribution in [3.8, 4) is 5.75 Å². The van der Waals surface area contributed by atoms with Crippen LogP contribution in [0.4, 0.5) is 0 Å². The number of halogens is 1. The van der Waals surface area contributed by atoms with E-state index in [1.807, 2.05) is 38.1 Å². The lowest BCUT2D eigenvalue weighted by molar-refractivity contribution is 0.0936. The van der Waals surface area contributed by atoms with Crippen molar-refractivity contribution in [3.05, 3.63) is 64.2 Å². The highest BCUT2D eigenvalue weighted by molar-refractivity contribution is 6.32. The van der Waals surface area contributed by atoms with Gasteiger partial charge >= 0.3 is 0 Å². The molecule has 0 aromatic heterocycles. The number of ketones is 1. The first-order chi connectivity index (χ1) is 15.6. The molecule has 1 N–H and O–H groups in total. The van der Waals surface area contributed by atoms with Crippen LogP contribution in [0.2, 0.25) is 5.02 Å². The summed E-state index contributed by atoms with van der Waals surface area (Å²) in [6.07, 6.45) is 1.62. The molecule has 1 heterocycles. The van der Waals surface area contributed by atoms with Crippen LogP contribution < -0.4 is 4.74 Å². The molecule has 0 amide bonds. The Bertz CT molecular complexity index is 1050. The van der Waals surface area contributed by atoms with Gasteiger partial charge in [0.25, 0.3) is 0 Å². The Hall–Kier alpha value is -2.50. The molecule has 0 fully saturated rings.